The van der Waals surface area contributed by atoms with Gasteiger partial charge in [-0.15, -0.1) is 0 Å². The van der Waals surface area contributed by atoms with Gasteiger partial charge in [0.25, 0.3) is 0 Å². The minimum atomic E-state index is -0.573. The molecular formula is C23H33N5O4. The van der Waals surface area contributed by atoms with Gasteiger partial charge < -0.3 is 14.3 Å². The van der Waals surface area contributed by atoms with E-state index >= 15 is 0 Å². The van der Waals surface area contributed by atoms with Crippen LogP contribution in [-0.4, -0.2) is 37.5 Å². The third kappa shape index (κ3) is 6.35. The van der Waals surface area contributed by atoms with Gasteiger partial charge in [0.05, 0.1) is 24.1 Å². The first kappa shape index (κ1) is 25.0. The highest BCUT2D eigenvalue weighted by Crippen LogP contribution is 2.31. The zero-order valence-corrected chi connectivity index (χ0v) is 19.4. The number of unbranched alkanes of at least 4 members (excludes halogenated alkanes) is 1. The maximum absolute atomic E-state index is 12.2. The molecule has 2 amide bonds. The van der Waals surface area contributed by atoms with Crippen molar-refractivity contribution in [2.24, 2.45) is 16.8 Å². The third-order valence-electron chi connectivity index (χ3n) is 4.85. The summed E-state index contributed by atoms with van der Waals surface area (Å²) >= 11 is 0. The Bertz CT molecular complexity index is 946. The molecule has 2 aromatic rings. The van der Waals surface area contributed by atoms with Crippen LogP contribution in [0.1, 0.15) is 43.4 Å². The first-order valence-electron chi connectivity index (χ1n) is 10.4. The van der Waals surface area contributed by atoms with Gasteiger partial charge in [-0.05, 0) is 61.7 Å². The van der Waals surface area contributed by atoms with Crippen molar-refractivity contribution in [2.75, 3.05) is 25.8 Å². The number of nitrogens with zero attached hydrogens (tertiary/aromatic N) is 3. The minimum Gasteiger partial charge on any atom is -0.496 e. The molecule has 4 N–H and O–H groups in total. The third-order valence-corrected chi connectivity index (χ3v) is 4.85. The lowest BCUT2D eigenvalue weighted by Gasteiger charge is -2.24. The second kappa shape index (κ2) is 11.9. The van der Waals surface area contributed by atoms with Crippen LogP contribution in [0.2, 0.25) is 0 Å². The summed E-state index contributed by atoms with van der Waals surface area (Å²) in [6.45, 7) is 6.71. The molecule has 0 aromatic heterocycles. The number of benzene rings is 2. The topological polar surface area (TPSA) is 116 Å². The second-order valence-electron chi connectivity index (χ2n) is 7.35. The van der Waals surface area contributed by atoms with Crippen LogP contribution in [0.25, 0.3) is 0 Å². The summed E-state index contributed by atoms with van der Waals surface area (Å²) < 4.78 is 11.5. The molecule has 0 atom stereocenters. The number of nitrogens with two attached hydrogens (primary N) is 2. The number of ether oxygens (including phenoxy) is 2. The molecule has 0 aliphatic heterocycles. The Labute approximate surface area is 189 Å². The van der Waals surface area contributed by atoms with Gasteiger partial charge in [-0.1, -0.05) is 24.6 Å². The molecule has 2 aromatic carbocycles. The molecule has 0 spiro atoms. The maximum Gasteiger partial charge on any atom is 0.352 e. The SMILES string of the molecule is CCCCO/N=C(\C)c1ccc(OCc2c(OC)cccc2N(N)C(=O)N(C)N)c(C)c1. The molecule has 0 bridgehead atoms. The predicted octanol–water partition coefficient (Wildman–Crippen LogP) is 3.73. The largest absolute Gasteiger partial charge is 0.496 e. The number of aryl methyl sites for hydroxylation is 1. The van der Waals surface area contributed by atoms with Crippen molar-refractivity contribution in [3.8, 4) is 11.5 Å². The van der Waals surface area contributed by atoms with Crippen molar-refractivity contribution in [1.82, 2.24) is 5.01 Å². The fraction of sp³-hybridized carbons (Fsp3) is 0.391. The van der Waals surface area contributed by atoms with E-state index in [1.807, 2.05) is 32.0 Å². The summed E-state index contributed by atoms with van der Waals surface area (Å²) in [6.07, 6.45) is 2.04. The Balaban J connectivity index is 2.21. The number of oxime groups is 1. The average molecular weight is 444 g/mol. The normalized spacial score (nSPS) is 11.2. The molecule has 0 radical (unpaired) electrons. The van der Waals surface area contributed by atoms with Crippen LogP contribution < -0.4 is 26.2 Å². The Morgan fingerprint density at radius 3 is 2.53 bits per heavy atom. The van der Waals surface area contributed by atoms with Crippen molar-refractivity contribution in [2.45, 2.75) is 40.2 Å². The van der Waals surface area contributed by atoms with Gasteiger partial charge in [-0.3, -0.25) is 5.01 Å². The van der Waals surface area contributed by atoms with Gasteiger partial charge in [0.1, 0.15) is 24.7 Å². The summed E-state index contributed by atoms with van der Waals surface area (Å²) in [4.78, 5) is 17.6. The lowest BCUT2D eigenvalue weighted by Crippen LogP contribution is -2.49. The van der Waals surface area contributed by atoms with Gasteiger partial charge in [0.2, 0.25) is 0 Å². The second-order valence-corrected chi connectivity index (χ2v) is 7.35. The zero-order valence-electron chi connectivity index (χ0n) is 19.4. The van der Waals surface area contributed by atoms with E-state index in [-0.39, 0.29) is 6.61 Å². The first-order valence-corrected chi connectivity index (χ1v) is 10.4. The van der Waals surface area contributed by atoms with Crippen LogP contribution in [0.4, 0.5) is 10.5 Å². The van der Waals surface area contributed by atoms with Gasteiger partial charge in [0.15, 0.2) is 0 Å². The lowest BCUT2D eigenvalue weighted by molar-refractivity contribution is 0.141. The minimum absolute atomic E-state index is 0.141. The number of carbonyl (C=O) groups is 1. The van der Waals surface area contributed by atoms with E-state index in [1.165, 1.54) is 7.05 Å². The quantitative estimate of drug-likeness (QED) is 0.190. The molecule has 2 rings (SSSR count). The highest BCUT2D eigenvalue weighted by molar-refractivity contribution is 5.98. The molecule has 9 nitrogen and oxygen atoms in total. The lowest BCUT2D eigenvalue weighted by atomic mass is 10.1. The van der Waals surface area contributed by atoms with E-state index in [9.17, 15) is 4.79 Å². The van der Waals surface area contributed by atoms with Crippen LogP contribution in [0.5, 0.6) is 11.5 Å². The smallest absolute Gasteiger partial charge is 0.352 e. The summed E-state index contributed by atoms with van der Waals surface area (Å²) in [7, 11) is 2.97. The Hall–Kier alpha value is -3.30. The molecule has 174 valence electrons. The van der Waals surface area contributed by atoms with Crippen LogP contribution in [0, 0.1) is 6.92 Å². The van der Waals surface area contributed by atoms with Gasteiger partial charge in [-0.2, -0.15) is 0 Å². The van der Waals surface area contributed by atoms with Gasteiger partial charge >= 0.3 is 6.03 Å². The van der Waals surface area contributed by atoms with Crippen molar-refractivity contribution in [3.05, 3.63) is 53.1 Å². The predicted molar refractivity (Wildman–Crippen MR) is 126 cm³/mol. The van der Waals surface area contributed by atoms with Crippen LogP contribution in [0.15, 0.2) is 41.6 Å². The highest BCUT2D eigenvalue weighted by Gasteiger charge is 2.20. The standard InChI is InChI=1S/C23H33N5O4/c1-6-7-13-32-26-17(3)18-11-12-21(16(2)14-18)31-15-19-20(9-8-10-22(19)30-5)28(25)23(29)27(4)24/h8-12,14H,6-7,13,15,24-25H2,1-5H3/b26-17+. The van der Waals surface area contributed by atoms with Gasteiger partial charge in [0, 0.05) is 7.05 Å². The monoisotopic (exact) mass is 443 g/mol. The Kier molecular flexibility index (Phi) is 9.30. The summed E-state index contributed by atoms with van der Waals surface area (Å²) in [5.41, 5.74) is 3.75. The molecule has 0 aliphatic carbocycles. The van der Waals surface area contributed by atoms with Crippen molar-refractivity contribution >= 4 is 17.4 Å². The fourth-order valence-corrected chi connectivity index (χ4v) is 2.98. The van der Waals surface area contributed by atoms with E-state index < -0.39 is 6.03 Å². The van der Waals surface area contributed by atoms with Gasteiger partial charge in [-0.25, -0.2) is 21.5 Å². The van der Waals surface area contributed by atoms with Crippen molar-refractivity contribution in [3.63, 3.8) is 0 Å². The first-order chi connectivity index (χ1) is 15.3. The van der Waals surface area contributed by atoms with E-state index in [0.29, 0.717) is 29.4 Å². The number of carbonyl (C=O) groups excluding carboxylic acids is 1. The molecule has 0 saturated heterocycles. The van der Waals surface area contributed by atoms with E-state index in [4.69, 9.17) is 26.0 Å². The molecule has 0 saturated carbocycles. The molecular weight excluding hydrogens is 410 g/mol. The molecule has 9 heteroatoms. The number of hydrogen-bond acceptors (Lipinski definition) is 7. The summed E-state index contributed by atoms with van der Waals surface area (Å²) in [5.74, 6) is 12.8. The number of anilines is 1. The Morgan fingerprint density at radius 2 is 1.91 bits per heavy atom. The number of methoxy groups -OCH3 is 1. The number of amides is 2. The molecule has 0 heterocycles. The number of urea groups is 1. The number of hydrogen-bond donors (Lipinski definition) is 2. The maximum atomic E-state index is 12.2. The average Bonchev–Trinajstić information content (AvgIpc) is 2.79. The number of hydrazine groups is 2. The van der Waals surface area contributed by atoms with Crippen molar-refractivity contribution < 1.29 is 19.1 Å². The van der Waals surface area contributed by atoms with E-state index in [0.717, 1.165) is 39.7 Å². The highest BCUT2D eigenvalue weighted by atomic mass is 16.6. The van der Waals surface area contributed by atoms with Crippen LogP contribution >= 0.6 is 0 Å². The fourth-order valence-electron chi connectivity index (χ4n) is 2.98. The number of rotatable bonds is 10. The van der Waals surface area contributed by atoms with E-state index in [1.54, 1.807) is 25.3 Å². The summed E-state index contributed by atoms with van der Waals surface area (Å²) in [5, 5.41) is 6.05. The van der Waals surface area contributed by atoms with Crippen molar-refractivity contribution in [1.29, 1.82) is 0 Å². The van der Waals surface area contributed by atoms with Crippen LogP contribution in [0.3, 0.4) is 0 Å². The molecule has 32 heavy (non-hydrogen) atoms. The zero-order chi connectivity index (χ0) is 23.7. The van der Waals surface area contributed by atoms with E-state index in [2.05, 4.69) is 12.1 Å². The molecule has 0 aliphatic rings. The Morgan fingerprint density at radius 1 is 1.16 bits per heavy atom. The summed E-state index contributed by atoms with van der Waals surface area (Å²) in [6, 6.07) is 10.4. The molecule has 0 fully saturated rings. The molecule has 0 unspecified atom stereocenters. The van der Waals surface area contributed by atoms with Crippen LogP contribution in [-0.2, 0) is 11.4 Å².